The molecule has 0 spiro atoms. The molecule has 1 saturated heterocycles. The first-order chi connectivity index (χ1) is 16.3. The molecule has 1 saturated carbocycles. The summed E-state index contributed by atoms with van der Waals surface area (Å²) >= 11 is 0. The molecule has 1 aliphatic carbocycles. The Morgan fingerprint density at radius 2 is 1.68 bits per heavy atom. The molecule has 7 nitrogen and oxygen atoms in total. The number of anilines is 1. The third kappa shape index (κ3) is 6.96. The molecule has 0 radical (unpaired) electrons. The molecule has 2 aliphatic rings. The Kier molecular flexibility index (Phi) is 9.35. The molecule has 3 atom stereocenters. The van der Waals surface area contributed by atoms with Gasteiger partial charge in [-0.3, -0.25) is 14.5 Å². The van der Waals surface area contributed by atoms with Crippen molar-refractivity contribution in [3.8, 4) is 6.07 Å². The average molecular weight is 468 g/mol. The summed E-state index contributed by atoms with van der Waals surface area (Å²) in [6.07, 6.45) is 4.10. The van der Waals surface area contributed by atoms with Gasteiger partial charge in [0.1, 0.15) is 6.04 Å². The molecule has 1 unspecified atom stereocenters. The van der Waals surface area contributed by atoms with E-state index >= 15 is 0 Å². The lowest BCUT2D eigenvalue weighted by Gasteiger charge is -2.38. The lowest BCUT2D eigenvalue weighted by molar-refractivity contribution is -0.127. The van der Waals surface area contributed by atoms with Crippen LogP contribution in [-0.4, -0.2) is 61.0 Å². The molecule has 2 fully saturated rings. The monoisotopic (exact) mass is 467 g/mol. The Balaban J connectivity index is 1.58. The van der Waals surface area contributed by atoms with Crippen molar-refractivity contribution < 1.29 is 9.59 Å². The number of carbonyl (C=O) groups excluding carboxylic acids is 2. The number of hydrogen-bond acceptors (Lipinski definition) is 5. The molecule has 2 amide bonds. The molecule has 34 heavy (non-hydrogen) atoms. The van der Waals surface area contributed by atoms with Crippen LogP contribution in [0, 0.1) is 23.2 Å². The second-order valence-electron chi connectivity index (χ2n) is 10.5. The van der Waals surface area contributed by atoms with Crippen LogP contribution >= 0.6 is 0 Å². The van der Waals surface area contributed by atoms with Gasteiger partial charge >= 0.3 is 0 Å². The number of piperazine rings is 1. The molecule has 7 heteroatoms. The zero-order valence-electron chi connectivity index (χ0n) is 21.2. The van der Waals surface area contributed by atoms with Gasteiger partial charge in [0.15, 0.2) is 0 Å². The maximum atomic E-state index is 13.0. The minimum absolute atomic E-state index is 0.118. The molecule has 1 aromatic rings. The first-order valence-corrected chi connectivity index (χ1v) is 12.9. The summed E-state index contributed by atoms with van der Waals surface area (Å²) < 4.78 is 0. The Bertz CT molecular complexity index is 853. The summed E-state index contributed by atoms with van der Waals surface area (Å²) in [7, 11) is 0. The molecule has 1 aliphatic heterocycles. The minimum Gasteiger partial charge on any atom is -0.369 e. The van der Waals surface area contributed by atoms with Crippen LogP contribution in [0.25, 0.3) is 0 Å². The van der Waals surface area contributed by atoms with Crippen molar-refractivity contribution in [1.29, 1.82) is 5.26 Å². The van der Waals surface area contributed by atoms with Gasteiger partial charge in [0, 0.05) is 49.5 Å². The second-order valence-corrected chi connectivity index (χ2v) is 10.5. The highest BCUT2D eigenvalue weighted by Gasteiger charge is 2.33. The first-order valence-electron chi connectivity index (χ1n) is 12.9. The largest absolute Gasteiger partial charge is 0.369 e. The third-order valence-corrected chi connectivity index (χ3v) is 7.14. The van der Waals surface area contributed by atoms with Crippen molar-refractivity contribution in [3.05, 3.63) is 29.8 Å². The second kappa shape index (κ2) is 12.2. The van der Waals surface area contributed by atoms with Crippen molar-refractivity contribution >= 4 is 17.5 Å². The molecular formula is C27H41N5O2. The predicted molar refractivity (Wildman–Crippen MR) is 136 cm³/mol. The number of nitriles is 1. The van der Waals surface area contributed by atoms with Gasteiger partial charge in [0.05, 0.1) is 12.0 Å². The number of benzene rings is 1. The van der Waals surface area contributed by atoms with Gasteiger partial charge < -0.3 is 15.5 Å². The number of amides is 2. The van der Waals surface area contributed by atoms with E-state index in [1.165, 1.54) is 0 Å². The van der Waals surface area contributed by atoms with E-state index in [1.54, 1.807) is 0 Å². The number of carbonyl (C=O) groups is 2. The fraction of sp³-hybridized carbons (Fsp3) is 0.667. The summed E-state index contributed by atoms with van der Waals surface area (Å²) in [5.41, 5.74) is 1.76. The summed E-state index contributed by atoms with van der Waals surface area (Å²) in [6, 6.07) is 9.88. The predicted octanol–water partition coefficient (Wildman–Crippen LogP) is 3.56. The normalized spacial score (nSPS) is 22.3. The molecule has 3 rings (SSSR count). The van der Waals surface area contributed by atoms with Crippen molar-refractivity contribution in [2.45, 2.75) is 77.9 Å². The standard InChI is InChI=1S/C27H41N5O2/c1-19(2)17-22(18-28)29-27(34)24-7-5-6-8-25(24)30-26(33)21-9-11-23(12-10-21)32-15-13-31(14-16-32)20(3)4/h9-12,19-20,22,24-25H,5-8,13-17H2,1-4H3,(H,29,34)(H,30,33)/t22-,24+,25?/m0/s1. The highest BCUT2D eigenvalue weighted by atomic mass is 16.2. The zero-order chi connectivity index (χ0) is 24.7. The smallest absolute Gasteiger partial charge is 0.251 e. The number of nitrogens with one attached hydrogen (secondary N) is 2. The van der Waals surface area contributed by atoms with Crippen LogP contribution in [0.4, 0.5) is 5.69 Å². The van der Waals surface area contributed by atoms with Crippen molar-refractivity contribution in [3.63, 3.8) is 0 Å². The molecule has 1 heterocycles. The summed E-state index contributed by atoms with van der Waals surface area (Å²) in [5.74, 6) is -0.223. The molecule has 0 bridgehead atoms. The van der Waals surface area contributed by atoms with Gasteiger partial charge in [0.25, 0.3) is 5.91 Å². The Morgan fingerprint density at radius 3 is 2.26 bits per heavy atom. The number of rotatable bonds is 8. The average Bonchev–Trinajstić information content (AvgIpc) is 2.83. The summed E-state index contributed by atoms with van der Waals surface area (Å²) in [6.45, 7) is 12.6. The number of hydrogen-bond donors (Lipinski definition) is 2. The van der Waals surface area contributed by atoms with Gasteiger partial charge in [-0.05, 0) is 63.3 Å². The van der Waals surface area contributed by atoms with Gasteiger partial charge in [-0.2, -0.15) is 5.26 Å². The summed E-state index contributed by atoms with van der Waals surface area (Å²) in [4.78, 5) is 30.8. The fourth-order valence-corrected chi connectivity index (χ4v) is 5.08. The van der Waals surface area contributed by atoms with E-state index in [9.17, 15) is 14.9 Å². The maximum absolute atomic E-state index is 13.0. The maximum Gasteiger partial charge on any atom is 0.251 e. The third-order valence-electron chi connectivity index (χ3n) is 7.14. The minimum atomic E-state index is -0.485. The zero-order valence-corrected chi connectivity index (χ0v) is 21.2. The SMILES string of the molecule is CC(C)C[C@@H](C#N)NC(=O)[C@@H]1CCCCC1NC(=O)c1ccc(N2CCN(C(C)C)CC2)cc1. The van der Waals surface area contributed by atoms with E-state index in [2.05, 4.69) is 40.4 Å². The van der Waals surface area contributed by atoms with Crippen LogP contribution in [0.5, 0.6) is 0 Å². The van der Waals surface area contributed by atoms with Gasteiger partial charge in [-0.25, -0.2) is 0 Å². The van der Waals surface area contributed by atoms with Gasteiger partial charge in [-0.15, -0.1) is 0 Å². The lowest BCUT2D eigenvalue weighted by atomic mass is 9.83. The molecular weight excluding hydrogens is 426 g/mol. The van der Waals surface area contributed by atoms with Crippen LogP contribution in [-0.2, 0) is 4.79 Å². The van der Waals surface area contributed by atoms with Crippen LogP contribution in [0.2, 0.25) is 0 Å². The van der Waals surface area contributed by atoms with E-state index in [1.807, 2.05) is 38.1 Å². The molecule has 2 N–H and O–H groups in total. The lowest BCUT2D eigenvalue weighted by Crippen LogP contribution is -2.50. The van der Waals surface area contributed by atoms with Crippen molar-refractivity contribution in [2.24, 2.45) is 11.8 Å². The van der Waals surface area contributed by atoms with E-state index in [4.69, 9.17) is 0 Å². The molecule has 1 aromatic carbocycles. The topological polar surface area (TPSA) is 88.5 Å². The van der Waals surface area contributed by atoms with Gasteiger partial charge in [0.2, 0.25) is 5.91 Å². The molecule has 186 valence electrons. The first kappa shape index (κ1) is 26.0. The van der Waals surface area contributed by atoms with E-state index < -0.39 is 6.04 Å². The Labute approximate surface area is 204 Å². The highest BCUT2D eigenvalue weighted by Crippen LogP contribution is 2.26. The van der Waals surface area contributed by atoms with Crippen molar-refractivity contribution in [1.82, 2.24) is 15.5 Å². The van der Waals surface area contributed by atoms with Crippen LogP contribution in [0.1, 0.15) is 70.2 Å². The molecule has 0 aromatic heterocycles. The van der Waals surface area contributed by atoms with Crippen LogP contribution in [0.3, 0.4) is 0 Å². The quantitative estimate of drug-likeness (QED) is 0.610. The fourth-order valence-electron chi connectivity index (χ4n) is 5.08. The van der Waals surface area contributed by atoms with E-state index in [0.29, 0.717) is 23.9 Å². The van der Waals surface area contributed by atoms with Crippen LogP contribution < -0.4 is 15.5 Å². The number of nitrogens with zero attached hydrogens (tertiary/aromatic N) is 3. The van der Waals surface area contributed by atoms with Crippen molar-refractivity contribution in [2.75, 3.05) is 31.1 Å². The van der Waals surface area contributed by atoms with E-state index in [0.717, 1.165) is 57.5 Å². The van der Waals surface area contributed by atoms with E-state index in [-0.39, 0.29) is 23.8 Å². The van der Waals surface area contributed by atoms with Crippen LogP contribution in [0.15, 0.2) is 24.3 Å². The Morgan fingerprint density at radius 1 is 1.03 bits per heavy atom. The highest BCUT2D eigenvalue weighted by molar-refractivity contribution is 5.95. The van der Waals surface area contributed by atoms with Gasteiger partial charge in [-0.1, -0.05) is 26.7 Å². The Hall–Kier alpha value is -2.59. The summed E-state index contributed by atoms with van der Waals surface area (Å²) in [5, 5.41) is 15.4.